The van der Waals surface area contributed by atoms with Crippen LogP contribution in [0.5, 0.6) is 0 Å². The molecular weight excluding hydrogens is 252 g/mol. The zero-order valence-electron chi connectivity index (χ0n) is 11.8. The first-order chi connectivity index (χ1) is 9.86. The quantitative estimate of drug-likeness (QED) is 0.832. The van der Waals surface area contributed by atoms with Crippen LogP contribution in [0, 0.1) is 0 Å². The van der Waals surface area contributed by atoms with Crippen LogP contribution in [0.4, 0.5) is 5.95 Å². The summed E-state index contributed by atoms with van der Waals surface area (Å²) in [5.74, 6) is 0.737. The summed E-state index contributed by atoms with van der Waals surface area (Å²) >= 11 is 0. The van der Waals surface area contributed by atoms with Crippen LogP contribution in [0.25, 0.3) is 5.69 Å². The van der Waals surface area contributed by atoms with Gasteiger partial charge in [0.15, 0.2) is 0 Å². The standard InChI is InChI=1S/C14H20N6/c1-2-19-10-8-12(9-11-19)15-14-16-17-18-20(14)13-6-4-3-5-7-13/h3-7,12H,2,8-11H2,1H3,(H,15,16,18)/p+1. The molecule has 1 aromatic heterocycles. The molecule has 2 heterocycles. The molecule has 2 aromatic rings. The first-order valence-electron chi connectivity index (χ1n) is 7.30. The van der Waals surface area contributed by atoms with Gasteiger partial charge >= 0.3 is 0 Å². The number of tetrazole rings is 1. The molecule has 1 saturated heterocycles. The van der Waals surface area contributed by atoms with Crippen molar-refractivity contribution >= 4 is 5.95 Å². The molecule has 6 heteroatoms. The molecule has 0 unspecified atom stereocenters. The second kappa shape index (κ2) is 6.00. The number of hydrogen-bond acceptors (Lipinski definition) is 4. The fraction of sp³-hybridized carbons (Fsp3) is 0.500. The first-order valence-corrected chi connectivity index (χ1v) is 7.30. The van der Waals surface area contributed by atoms with Crippen LogP contribution < -0.4 is 10.2 Å². The van der Waals surface area contributed by atoms with Crippen LogP contribution >= 0.6 is 0 Å². The molecule has 0 aliphatic carbocycles. The normalized spacial score (nSPS) is 22.6. The number of quaternary nitrogens is 1. The van der Waals surface area contributed by atoms with E-state index in [9.17, 15) is 0 Å². The lowest BCUT2D eigenvalue weighted by atomic mass is 10.1. The minimum atomic E-state index is 0.471. The van der Waals surface area contributed by atoms with E-state index in [1.54, 1.807) is 9.58 Å². The molecule has 3 rings (SSSR count). The Hall–Kier alpha value is -1.95. The number of nitrogens with zero attached hydrogens (tertiary/aromatic N) is 4. The van der Waals surface area contributed by atoms with Gasteiger partial charge < -0.3 is 10.2 Å². The second-order valence-electron chi connectivity index (χ2n) is 5.27. The van der Waals surface area contributed by atoms with Crippen molar-refractivity contribution < 1.29 is 4.90 Å². The van der Waals surface area contributed by atoms with Gasteiger partial charge in [-0.25, -0.2) is 0 Å². The van der Waals surface area contributed by atoms with Crippen LogP contribution in [0.1, 0.15) is 19.8 Å². The van der Waals surface area contributed by atoms with Crippen molar-refractivity contribution in [2.45, 2.75) is 25.8 Å². The lowest BCUT2D eigenvalue weighted by Crippen LogP contribution is -3.13. The van der Waals surface area contributed by atoms with Gasteiger partial charge in [-0.1, -0.05) is 23.3 Å². The number of benzene rings is 1. The molecule has 1 aliphatic heterocycles. The summed E-state index contributed by atoms with van der Waals surface area (Å²) in [5, 5.41) is 15.5. The monoisotopic (exact) mass is 273 g/mol. The number of aromatic nitrogens is 4. The van der Waals surface area contributed by atoms with Gasteiger partial charge in [0.2, 0.25) is 5.95 Å². The molecule has 0 saturated carbocycles. The number of hydrogen-bond donors (Lipinski definition) is 2. The molecule has 20 heavy (non-hydrogen) atoms. The molecule has 0 bridgehead atoms. The fourth-order valence-electron chi connectivity index (χ4n) is 2.73. The number of rotatable bonds is 4. The molecule has 0 amide bonds. The second-order valence-corrected chi connectivity index (χ2v) is 5.27. The van der Waals surface area contributed by atoms with Gasteiger partial charge in [0, 0.05) is 18.9 Å². The Morgan fingerprint density at radius 3 is 2.70 bits per heavy atom. The molecule has 1 aliphatic rings. The predicted molar refractivity (Wildman–Crippen MR) is 77.0 cm³/mol. The minimum absolute atomic E-state index is 0.471. The van der Waals surface area contributed by atoms with E-state index in [1.807, 2.05) is 30.3 Å². The maximum absolute atomic E-state index is 4.11. The number of likely N-dealkylation sites (tertiary alicyclic amines) is 1. The number of nitrogens with one attached hydrogen (secondary N) is 2. The summed E-state index contributed by atoms with van der Waals surface area (Å²) in [5.41, 5.74) is 0.983. The number of anilines is 1. The van der Waals surface area contributed by atoms with Gasteiger partial charge in [-0.3, -0.25) is 0 Å². The Kier molecular flexibility index (Phi) is 3.92. The SMILES string of the molecule is CC[NH+]1CCC(Nc2nnnn2-c2ccccc2)CC1. The Balaban J connectivity index is 1.69. The van der Waals surface area contributed by atoms with Crippen molar-refractivity contribution in [2.24, 2.45) is 0 Å². The highest BCUT2D eigenvalue weighted by atomic mass is 15.6. The van der Waals surface area contributed by atoms with Gasteiger partial charge in [0.05, 0.1) is 25.3 Å². The Morgan fingerprint density at radius 1 is 1.25 bits per heavy atom. The van der Waals surface area contributed by atoms with Crippen molar-refractivity contribution in [1.82, 2.24) is 20.2 Å². The van der Waals surface area contributed by atoms with Crippen molar-refractivity contribution in [3.63, 3.8) is 0 Å². The van der Waals surface area contributed by atoms with Crippen LogP contribution in [-0.2, 0) is 0 Å². The lowest BCUT2D eigenvalue weighted by Gasteiger charge is -2.28. The third kappa shape index (κ3) is 2.80. The number of para-hydroxylation sites is 1. The van der Waals surface area contributed by atoms with E-state index in [4.69, 9.17) is 0 Å². The average molecular weight is 273 g/mol. The third-order valence-electron chi connectivity index (χ3n) is 4.00. The Labute approximate surface area is 118 Å². The summed E-state index contributed by atoms with van der Waals surface area (Å²) in [6.45, 7) is 5.91. The van der Waals surface area contributed by atoms with Gasteiger partial charge in [0.25, 0.3) is 0 Å². The van der Waals surface area contributed by atoms with Gasteiger partial charge in [-0.15, -0.1) is 0 Å². The lowest BCUT2D eigenvalue weighted by molar-refractivity contribution is -0.903. The average Bonchev–Trinajstić information content (AvgIpc) is 2.97. The predicted octanol–water partition coefficient (Wildman–Crippen LogP) is 0.141. The molecule has 1 fully saturated rings. The molecule has 0 radical (unpaired) electrons. The van der Waals surface area contributed by atoms with E-state index < -0.39 is 0 Å². The molecule has 0 spiro atoms. The maximum atomic E-state index is 4.11. The molecular formula is C14H21N6+. The molecule has 1 aromatic carbocycles. The van der Waals surface area contributed by atoms with Crippen molar-refractivity contribution in [2.75, 3.05) is 25.0 Å². The van der Waals surface area contributed by atoms with Crippen LogP contribution in [-0.4, -0.2) is 45.9 Å². The highest BCUT2D eigenvalue weighted by Gasteiger charge is 2.22. The topological polar surface area (TPSA) is 60.1 Å². The zero-order valence-corrected chi connectivity index (χ0v) is 11.8. The minimum Gasteiger partial charge on any atom is -0.350 e. The van der Waals surface area contributed by atoms with E-state index >= 15 is 0 Å². The molecule has 106 valence electrons. The smallest absolute Gasteiger partial charge is 0.247 e. The molecule has 2 N–H and O–H groups in total. The Morgan fingerprint density at radius 2 is 2.00 bits per heavy atom. The van der Waals surface area contributed by atoms with Crippen LogP contribution in [0.15, 0.2) is 30.3 Å². The fourth-order valence-corrected chi connectivity index (χ4v) is 2.73. The third-order valence-corrected chi connectivity index (χ3v) is 4.00. The number of piperidine rings is 1. The van der Waals surface area contributed by atoms with E-state index in [2.05, 4.69) is 27.8 Å². The summed E-state index contributed by atoms with van der Waals surface area (Å²) in [7, 11) is 0. The largest absolute Gasteiger partial charge is 0.350 e. The van der Waals surface area contributed by atoms with Crippen molar-refractivity contribution in [3.05, 3.63) is 30.3 Å². The Bertz CT molecular complexity index is 530. The van der Waals surface area contributed by atoms with Crippen LogP contribution in [0.2, 0.25) is 0 Å². The summed E-state index contributed by atoms with van der Waals surface area (Å²) in [6, 6.07) is 10.5. The summed E-state index contributed by atoms with van der Waals surface area (Å²) in [6.07, 6.45) is 2.34. The molecule has 6 nitrogen and oxygen atoms in total. The van der Waals surface area contributed by atoms with E-state index in [1.165, 1.54) is 32.5 Å². The first kappa shape index (κ1) is 13.1. The van der Waals surface area contributed by atoms with E-state index in [0.717, 1.165) is 11.6 Å². The highest BCUT2D eigenvalue weighted by molar-refractivity contribution is 5.38. The van der Waals surface area contributed by atoms with Crippen LogP contribution in [0.3, 0.4) is 0 Å². The highest BCUT2D eigenvalue weighted by Crippen LogP contribution is 2.13. The maximum Gasteiger partial charge on any atom is 0.247 e. The van der Waals surface area contributed by atoms with E-state index in [-0.39, 0.29) is 0 Å². The zero-order chi connectivity index (χ0) is 13.8. The molecule has 0 atom stereocenters. The van der Waals surface area contributed by atoms with Crippen molar-refractivity contribution in [1.29, 1.82) is 0 Å². The van der Waals surface area contributed by atoms with Gasteiger partial charge in [-0.05, 0) is 29.5 Å². The van der Waals surface area contributed by atoms with Gasteiger partial charge in [-0.2, -0.15) is 4.68 Å². The van der Waals surface area contributed by atoms with E-state index in [0.29, 0.717) is 6.04 Å². The van der Waals surface area contributed by atoms with Gasteiger partial charge in [0.1, 0.15) is 0 Å². The summed E-state index contributed by atoms with van der Waals surface area (Å²) in [4.78, 5) is 1.69. The van der Waals surface area contributed by atoms with Crippen molar-refractivity contribution in [3.8, 4) is 5.69 Å². The summed E-state index contributed by atoms with van der Waals surface area (Å²) < 4.78 is 1.76.